The van der Waals surface area contributed by atoms with E-state index >= 15 is 0 Å². The molecule has 1 aromatic rings. The number of ether oxygens (including phenoxy) is 1. The summed E-state index contributed by atoms with van der Waals surface area (Å²) >= 11 is 10.5. The van der Waals surface area contributed by atoms with Gasteiger partial charge in [0.2, 0.25) is 0 Å². The third-order valence-corrected chi connectivity index (χ3v) is 7.79. The van der Waals surface area contributed by atoms with Crippen LogP contribution in [0.2, 0.25) is 0 Å². The number of alkyl halides is 1. The van der Waals surface area contributed by atoms with E-state index in [2.05, 4.69) is 15.9 Å². The number of hydrogen-bond acceptors (Lipinski definition) is 4. The quantitative estimate of drug-likeness (QED) is 0.729. The molecule has 1 aromatic heterocycles. The Morgan fingerprint density at radius 3 is 2.75 bits per heavy atom. The average Bonchev–Trinajstić information content (AvgIpc) is 2.68. The molecule has 1 saturated heterocycles. The molecule has 0 N–H and O–H groups in total. The normalized spacial score (nSPS) is 23.9. The van der Waals surface area contributed by atoms with Gasteiger partial charge in [-0.15, -0.1) is 22.9 Å². The van der Waals surface area contributed by atoms with Crippen LogP contribution in [0.1, 0.15) is 19.4 Å². The van der Waals surface area contributed by atoms with Crippen LogP contribution in [0.4, 0.5) is 0 Å². The van der Waals surface area contributed by atoms with E-state index in [-0.39, 0.29) is 12.0 Å². The Morgan fingerprint density at radius 2 is 2.25 bits per heavy atom. The van der Waals surface area contributed by atoms with Gasteiger partial charge >= 0.3 is 0 Å². The van der Waals surface area contributed by atoms with Gasteiger partial charge in [-0.2, -0.15) is 4.31 Å². The first-order valence-electron chi connectivity index (χ1n) is 6.15. The number of rotatable bonds is 3. The lowest BCUT2D eigenvalue weighted by Crippen LogP contribution is -2.54. The summed E-state index contributed by atoms with van der Waals surface area (Å²) in [5.41, 5.74) is 0.393. The van der Waals surface area contributed by atoms with E-state index in [0.717, 1.165) is 9.35 Å². The standard InChI is InChI=1S/C12H17BrClNO3S2/c1-8-4-10(19-11(8)13)20(16,17)15-6-9(5-14)18-12(2,3)7-15/h4,9H,5-7H2,1-3H3. The molecule has 0 aromatic carbocycles. The predicted octanol–water partition coefficient (Wildman–Crippen LogP) is 3.23. The van der Waals surface area contributed by atoms with Crippen LogP contribution >= 0.6 is 38.9 Å². The molecule has 0 amide bonds. The van der Waals surface area contributed by atoms with Crippen molar-refractivity contribution in [1.82, 2.24) is 4.31 Å². The summed E-state index contributed by atoms with van der Waals surface area (Å²) in [6, 6.07) is 1.70. The van der Waals surface area contributed by atoms with Gasteiger partial charge in [-0.3, -0.25) is 0 Å². The van der Waals surface area contributed by atoms with Gasteiger partial charge in [0.15, 0.2) is 0 Å². The number of hydrogen-bond donors (Lipinski definition) is 0. The first kappa shape index (κ1) is 16.7. The summed E-state index contributed by atoms with van der Waals surface area (Å²) in [4.78, 5) is 0. The van der Waals surface area contributed by atoms with Crippen LogP contribution in [-0.2, 0) is 14.8 Å². The molecular weight excluding hydrogens is 386 g/mol. The minimum atomic E-state index is -3.49. The van der Waals surface area contributed by atoms with Crippen LogP contribution in [0.3, 0.4) is 0 Å². The number of thiophene rings is 1. The van der Waals surface area contributed by atoms with Crippen LogP contribution in [0.5, 0.6) is 0 Å². The maximum absolute atomic E-state index is 12.7. The summed E-state index contributed by atoms with van der Waals surface area (Å²) < 4.78 is 33.9. The van der Waals surface area contributed by atoms with Crippen molar-refractivity contribution in [2.45, 2.75) is 36.7 Å². The molecule has 1 unspecified atom stereocenters. The fraction of sp³-hybridized carbons (Fsp3) is 0.667. The Hall–Kier alpha value is 0.340. The zero-order valence-corrected chi connectivity index (χ0v) is 15.5. The molecule has 0 radical (unpaired) electrons. The Kier molecular flexibility index (Phi) is 4.89. The molecular formula is C12H17BrClNO3S2. The van der Waals surface area contributed by atoms with Crippen LogP contribution in [0.25, 0.3) is 0 Å². The van der Waals surface area contributed by atoms with Gasteiger partial charge in [0, 0.05) is 19.0 Å². The maximum Gasteiger partial charge on any atom is 0.252 e. The largest absolute Gasteiger partial charge is 0.368 e. The topological polar surface area (TPSA) is 46.6 Å². The zero-order chi connectivity index (χ0) is 15.1. The maximum atomic E-state index is 12.7. The lowest BCUT2D eigenvalue weighted by molar-refractivity contribution is -0.107. The third kappa shape index (κ3) is 3.39. The van der Waals surface area contributed by atoms with Crippen molar-refractivity contribution in [2.75, 3.05) is 19.0 Å². The van der Waals surface area contributed by atoms with E-state index in [1.165, 1.54) is 15.6 Å². The second-order valence-electron chi connectivity index (χ2n) is 5.47. The Morgan fingerprint density at radius 1 is 1.60 bits per heavy atom. The molecule has 0 spiro atoms. The average molecular weight is 403 g/mol. The van der Waals surface area contributed by atoms with Crippen molar-refractivity contribution >= 4 is 48.9 Å². The van der Waals surface area contributed by atoms with E-state index in [4.69, 9.17) is 16.3 Å². The van der Waals surface area contributed by atoms with Crippen molar-refractivity contribution in [3.05, 3.63) is 15.4 Å². The fourth-order valence-electron chi connectivity index (χ4n) is 2.19. The predicted molar refractivity (Wildman–Crippen MR) is 85.2 cm³/mol. The molecule has 1 atom stereocenters. The smallest absolute Gasteiger partial charge is 0.252 e. The van der Waals surface area contributed by atoms with E-state index in [9.17, 15) is 8.42 Å². The molecule has 2 rings (SSSR count). The lowest BCUT2D eigenvalue weighted by Gasteiger charge is -2.41. The van der Waals surface area contributed by atoms with Gasteiger partial charge in [0.1, 0.15) is 4.21 Å². The minimum Gasteiger partial charge on any atom is -0.368 e. The van der Waals surface area contributed by atoms with Gasteiger partial charge in [-0.1, -0.05) is 0 Å². The SMILES string of the molecule is Cc1cc(S(=O)(=O)N2CC(CCl)OC(C)(C)C2)sc1Br. The third-order valence-electron chi connectivity index (χ3n) is 3.05. The van der Waals surface area contributed by atoms with E-state index in [0.29, 0.717) is 17.3 Å². The Bertz CT molecular complexity index is 580. The molecule has 114 valence electrons. The molecule has 2 heterocycles. The molecule has 1 aliphatic heterocycles. The number of halogens is 2. The highest BCUT2D eigenvalue weighted by atomic mass is 79.9. The van der Waals surface area contributed by atoms with Crippen molar-refractivity contribution in [3.63, 3.8) is 0 Å². The van der Waals surface area contributed by atoms with Crippen molar-refractivity contribution < 1.29 is 13.2 Å². The van der Waals surface area contributed by atoms with Crippen molar-refractivity contribution in [2.24, 2.45) is 0 Å². The second kappa shape index (κ2) is 5.85. The highest BCUT2D eigenvalue weighted by Crippen LogP contribution is 2.34. The highest BCUT2D eigenvalue weighted by molar-refractivity contribution is 9.11. The van der Waals surface area contributed by atoms with E-state index in [1.54, 1.807) is 6.07 Å². The van der Waals surface area contributed by atoms with Gasteiger partial charge < -0.3 is 4.74 Å². The Labute approximate surface area is 137 Å². The molecule has 20 heavy (non-hydrogen) atoms. The van der Waals surface area contributed by atoms with Gasteiger partial charge in [-0.25, -0.2) is 8.42 Å². The van der Waals surface area contributed by atoms with Crippen LogP contribution in [-0.4, -0.2) is 43.4 Å². The molecule has 0 aliphatic carbocycles. The monoisotopic (exact) mass is 401 g/mol. The zero-order valence-electron chi connectivity index (χ0n) is 11.5. The summed E-state index contributed by atoms with van der Waals surface area (Å²) in [6.45, 7) is 6.26. The number of morpholine rings is 1. The minimum absolute atomic E-state index is 0.278. The van der Waals surface area contributed by atoms with Crippen LogP contribution < -0.4 is 0 Å². The highest BCUT2D eigenvalue weighted by Gasteiger charge is 2.39. The van der Waals surface area contributed by atoms with Crippen LogP contribution in [0.15, 0.2) is 14.1 Å². The number of nitrogens with zero attached hydrogens (tertiary/aromatic N) is 1. The van der Waals surface area contributed by atoms with Gasteiger partial charge in [0.05, 0.1) is 15.5 Å². The van der Waals surface area contributed by atoms with Gasteiger partial charge in [-0.05, 0) is 48.3 Å². The Balaban J connectivity index is 2.33. The molecule has 0 bridgehead atoms. The number of sulfonamides is 1. The summed E-state index contributed by atoms with van der Waals surface area (Å²) in [5, 5.41) is 0. The first-order valence-corrected chi connectivity index (χ1v) is 9.74. The molecule has 1 fully saturated rings. The van der Waals surface area contributed by atoms with E-state index < -0.39 is 15.6 Å². The van der Waals surface area contributed by atoms with Gasteiger partial charge in [0.25, 0.3) is 10.0 Å². The van der Waals surface area contributed by atoms with Crippen molar-refractivity contribution in [3.8, 4) is 0 Å². The summed E-state index contributed by atoms with van der Waals surface area (Å²) in [5.74, 6) is 0.280. The van der Waals surface area contributed by atoms with Crippen LogP contribution in [0, 0.1) is 6.92 Å². The lowest BCUT2D eigenvalue weighted by atomic mass is 10.1. The first-order chi connectivity index (χ1) is 9.15. The summed E-state index contributed by atoms with van der Waals surface area (Å²) in [7, 11) is -3.49. The molecule has 8 heteroatoms. The second-order valence-corrected chi connectivity index (χ2v) is 10.3. The molecule has 4 nitrogen and oxygen atoms in total. The van der Waals surface area contributed by atoms with Crippen molar-refractivity contribution in [1.29, 1.82) is 0 Å². The molecule has 1 aliphatic rings. The van der Waals surface area contributed by atoms with E-state index in [1.807, 2.05) is 20.8 Å². The molecule has 0 saturated carbocycles. The fourth-order valence-corrected chi connectivity index (χ4v) is 6.35. The summed E-state index contributed by atoms with van der Waals surface area (Å²) in [6.07, 6.45) is -0.278. The number of aryl methyl sites for hydroxylation is 1.